The first kappa shape index (κ1) is 13.8. The van der Waals surface area contributed by atoms with E-state index in [1.807, 2.05) is 0 Å². The lowest BCUT2D eigenvalue weighted by Gasteiger charge is -2.14. The number of unbranched alkanes of at least 4 members (excludes halogenated alkanes) is 1. The minimum atomic E-state index is 0.769. The molecule has 1 heteroatoms. The van der Waals surface area contributed by atoms with Crippen LogP contribution in [0.25, 0.3) is 16.3 Å². The van der Waals surface area contributed by atoms with Crippen molar-refractivity contribution in [2.75, 3.05) is 0 Å². The Kier molecular flexibility index (Phi) is 4.01. The average molecular weight is 275 g/mol. The van der Waals surface area contributed by atoms with Gasteiger partial charge in [0, 0.05) is 11.3 Å². The van der Waals surface area contributed by atoms with Crippen LogP contribution in [0.3, 0.4) is 0 Å². The molecule has 2 aromatic carbocycles. The van der Waals surface area contributed by atoms with Crippen LogP contribution in [0.15, 0.2) is 54.6 Å². The standard InChI is InChI=1S/C20H21N/c1-2-3-12-20(21)19-14-17-11-7-6-10-16(17)13-18(19)15-8-4-5-9-15/h4-8,10-11,13-14,21H,2-3,9,12H2,1H3. The van der Waals surface area contributed by atoms with Gasteiger partial charge < -0.3 is 5.41 Å². The van der Waals surface area contributed by atoms with E-state index in [2.05, 4.69) is 61.5 Å². The molecule has 0 bridgehead atoms. The average Bonchev–Trinajstić information content (AvgIpc) is 3.05. The molecule has 0 amide bonds. The molecule has 1 nitrogen and oxygen atoms in total. The highest BCUT2D eigenvalue weighted by molar-refractivity contribution is 6.06. The summed E-state index contributed by atoms with van der Waals surface area (Å²) in [5.41, 5.74) is 4.44. The molecule has 0 heterocycles. The number of hydrogen-bond acceptors (Lipinski definition) is 1. The van der Waals surface area contributed by atoms with Crippen LogP contribution in [-0.2, 0) is 0 Å². The Hall–Kier alpha value is -2.15. The lowest BCUT2D eigenvalue weighted by molar-refractivity contribution is 0.833. The minimum Gasteiger partial charge on any atom is -0.305 e. The maximum atomic E-state index is 8.47. The van der Waals surface area contributed by atoms with Crippen LogP contribution in [0.5, 0.6) is 0 Å². The summed E-state index contributed by atoms with van der Waals surface area (Å²) >= 11 is 0. The molecule has 0 saturated heterocycles. The molecule has 1 N–H and O–H groups in total. The van der Waals surface area contributed by atoms with Crippen molar-refractivity contribution in [2.24, 2.45) is 0 Å². The summed E-state index contributed by atoms with van der Waals surface area (Å²) in [5.74, 6) is 0. The van der Waals surface area contributed by atoms with Gasteiger partial charge in [-0.15, -0.1) is 0 Å². The largest absolute Gasteiger partial charge is 0.305 e. The first-order chi connectivity index (χ1) is 10.3. The van der Waals surface area contributed by atoms with Gasteiger partial charge >= 0.3 is 0 Å². The molecule has 0 aromatic heterocycles. The Bertz CT molecular complexity index is 735. The number of benzene rings is 2. The molecule has 3 rings (SSSR count). The van der Waals surface area contributed by atoms with Crippen molar-refractivity contribution in [3.05, 3.63) is 65.8 Å². The van der Waals surface area contributed by atoms with Gasteiger partial charge in [0.25, 0.3) is 0 Å². The van der Waals surface area contributed by atoms with Gasteiger partial charge in [0.1, 0.15) is 0 Å². The quantitative estimate of drug-likeness (QED) is 0.673. The number of rotatable bonds is 5. The maximum absolute atomic E-state index is 8.47. The van der Waals surface area contributed by atoms with Crippen LogP contribution >= 0.6 is 0 Å². The summed E-state index contributed by atoms with van der Waals surface area (Å²) in [6, 6.07) is 12.9. The van der Waals surface area contributed by atoms with Gasteiger partial charge in [0.2, 0.25) is 0 Å². The molecule has 106 valence electrons. The van der Waals surface area contributed by atoms with Crippen molar-refractivity contribution in [1.82, 2.24) is 0 Å². The Morgan fingerprint density at radius 3 is 2.57 bits per heavy atom. The third-order valence-corrected chi connectivity index (χ3v) is 4.11. The molecule has 2 aromatic rings. The highest BCUT2D eigenvalue weighted by Gasteiger charge is 2.13. The van der Waals surface area contributed by atoms with E-state index in [9.17, 15) is 0 Å². The molecule has 0 saturated carbocycles. The van der Waals surface area contributed by atoms with Crippen LogP contribution < -0.4 is 0 Å². The highest BCUT2D eigenvalue weighted by atomic mass is 14.4. The van der Waals surface area contributed by atoms with Gasteiger partial charge in [0.15, 0.2) is 0 Å². The van der Waals surface area contributed by atoms with E-state index in [4.69, 9.17) is 5.41 Å². The van der Waals surface area contributed by atoms with E-state index >= 15 is 0 Å². The van der Waals surface area contributed by atoms with Crippen molar-refractivity contribution in [2.45, 2.75) is 32.6 Å². The number of allylic oxidation sites excluding steroid dienone is 4. The van der Waals surface area contributed by atoms with E-state index in [0.717, 1.165) is 37.0 Å². The summed E-state index contributed by atoms with van der Waals surface area (Å²) < 4.78 is 0. The van der Waals surface area contributed by atoms with Crippen molar-refractivity contribution in [3.8, 4) is 0 Å². The molecular weight excluding hydrogens is 254 g/mol. The Balaban J connectivity index is 2.10. The Morgan fingerprint density at radius 1 is 1.14 bits per heavy atom. The zero-order valence-electron chi connectivity index (χ0n) is 12.5. The Morgan fingerprint density at radius 2 is 1.90 bits per heavy atom. The van der Waals surface area contributed by atoms with Gasteiger partial charge in [-0.25, -0.2) is 0 Å². The summed E-state index contributed by atoms with van der Waals surface area (Å²) in [7, 11) is 0. The zero-order chi connectivity index (χ0) is 14.7. The second-order valence-corrected chi connectivity index (χ2v) is 5.65. The van der Waals surface area contributed by atoms with Crippen LogP contribution in [-0.4, -0.2) is 5.71 Å². The van der Waals surface area contributed by atoms with E-state index in [1.165, 1.54) is 21.9 Å². The van der Waals surface area contributed by atoms with E-state index in [1.54, 1.807) is 0 Å². The summed E-state index contributed by atoms with van der Waals surface area (Å²) in [4.78, 5) is 0. The first-order valence-electron chi connectivity index (χ1n) is 7.76. The van der Waals surface area contributed by atoms with Crippen molar-refractivity contribution in [1.29, 1.82) is 5.41 Å². The van der Waals surface area contributed by atoms with Gasteiger partial charge in [-0.2, -0.15) is 0 Å². The van der Waals surface area contributed by atoms with Gasteiger partial charge in [-0.1, -0.05) is 55.8 Å². The van der Waals surface area contributed by atoms with E-state index in [0.29, 0.717) is 0 Å². The highest BCUT2D eigenvalue weighted by Crippen LogP contribution is 2.31. The monoisotopic (exact) mass is 275 g/mol. The van der Waals surface area contributed by atoms with Gasteiger partial charge in [-0.3, -0.25) is 0 Å². The topological polar surface area (TPSA) is 23.9 Å². The predicted octanol–water partition coefficient (Wildman–Crippen LogP) is 5.74. The van der Waals surface area contributed by atoms with Crippen LogP contribution in [0, 0.1) is 5.41 Å². The molecule has 0 radical (unpaired) electrons. The van der Waals surface area contributed by atoms with Gasteiger partial charge in [0.05, 0.1) is 0 Å². The second-order valence-electron chi connectivity index (χ2n) is 5.65. The zero-order valence-corrected chi connectivity index (χ0v) is 12.5. The van der Waals surface area contributed by atoms with Crippen molar-refractivity contribution >= 4 is 22.1 Å². The molecule has 0 fully saturated rings. The van der Waals surface area contributed by atoms with Crippen LogP contribution in [0.4, 0.5) is 0 Å². The molecule has 0 aliphatic heterocycles. The fourth-order valence-corrected chi connectivity index (χ4v) is 2.89. The maximum Gasteiger partial charge on any atom is 0.0392 e. The number of hydrogen-bond donors (Lipinski definition) is 1. The van der Waals surface area contributed by atoms with E-state index in [-0.39, 0.29) is 0 Å². The van der Waals surface area contributed by atoms with Crippen molar-refractivity contribution < 1.29 is 0 Å². The third-order valence-electron chi connectivity index (χ3n) is 4.11. The molecule has 1 aliphatic rings. The molecule has 1 aliphatic carbocycles. The van der Waals surface area contributed by atoms with Crippen molar-refractivity contribution in [3.63, 3.8) is 0 Å². The predicted molar refractivity (Wildman–Crippen MR) is 92.0 cm³/mol. The van der Waals surface area contributed by atoms with Crippen LogP contribution in [0.1, 0.15) is 43.7 Å². The second kappa shape index (κ2) is 6.09. The number of nitrogens with one attached hydrogen (secondary N) is 1. The third kappa shape index (κ3) is 2.82. The summed E-state index contributed by atoms with van der Waals surface area (Å²) in [6.07, 6.45) is 10.5. The smallest absolute Gasteiger partial charge is 0.0392 e. The molecule has 0 unspecified atom stereocenters. The number of fused-ring (bicyclic) bond motifs is 1. The summed E-state index contributed by atoms with van der Waals surface area (Å²) in [6.45, 7) is 2.18. The fraction of sp³-hybridized carbons (Fsp3) is 0.250. The fourth-order valence-electron chi connectivity index (χ4n) is 2.89. The van der Waals surface area contributed by atoms with Gasteiger partial charge in [-0.05, 0) is 53.3 Å². The first-order valence-corrected chi connectivity index (χ1v) is 7.76. The lowest BCUT2D eigenvalue weighted by Crippen LogP contribution is -2.03. The molecule has 0 atom stereocenters. The molecular formula is C20H21N. The normalized spacial score (nSPS) is 13.7. The lowest BCUT2D eigenvalue weighted by atomic mass is 9.91. The van der Waals surface area contributed by atoms with Crippen LogP contribution in [0.2, 0.25) is 0 Å². The minimum absolute atomic E-state index is 0.769. The van der Waals surface area contributed by atoms with E-state index < -0.39 is 0 Å². The Labute approximate surface area is 126 Å². The molecule has 21 heavy (non-hydrogen) atoms. The summed E-state index contributed by atoms with van der Waals surface area (Å²) in [5, 5.41) is 10.9. The SMILES string of the molecule is CCCCC(=N)c1cc2ccccc2cc1C1=CC=CC1. The molecule has 0 spiro atoms.